The largest absolute Gasteiger partial charge is 0.495 e. The van der Waals surface area contributed by atoms with Crippen LogP contribution in [0.4, 0.5) is 0 Å². The number of para-hydroxylation sites is 1. The van der Waals surface area contributed by atoms with E-state index in [2.05, 4.69) is 0 Å². The fourth-order valence-corrected chi connectivity index (χ4v) is 2.29. The van der Waals surface area contributed by atoms with Crippen LogP contribution in [-0.4, -0.2) is 18.8 Å². The highest BCUT2D eigenvalue weighted by Gasteiger charge is 2.16. The molecule has 0 aliphatic heterocycles. The lowest BCUT2D eigenvalue weighted by molar-refractivity contribution is 0.212. The molecule has 2 aromatic rings. The van der Waals surface area contributed by atoms with Crippen LogP contribution < -0.4 is 9.47 Å². The molecule has 4 heteroatoms. The van der Waals surface area contributed by atoms with E-state index in [9.17, 15) is 5.11 Å². The van der Waals surface area contributed by atoms with Gasteiger partial charge in [-0.2, -0.15) is 0 Å². The third kappa shape index (κ3) is 3.06. The molecule has 3 nitrogen and oxygen atoms in total. The summed E-state index contributed by atoms with van der Waals surface area (Å²) in [5, 5.41) is 11.0. The molecule has 106 valence electrons. The number of methoxy groups -OCH3 is 1. The summed E-state index contributed by atoms with van der Waals surface area (Å²) in [6.45, 7) is 2.46. The molecule has 0 spiro atoms. The van der Waals surface area contributed by atoms with Gasteiger partial charge in [0.2, 0.25) is 0 Å². The molecule has 1 N–H and O–H groups in total. The van der Waals surface area contributed by atoms with E-state index in [1.54, 1.807) is 25.3 Å². The van der Waals surface area contributed by atoms with Gasteiger partial charge >= 0.3 is 0 Å². The molecule has 0 saturated heterocycles. The molecule has 1 unspecified atom stereocenters. The van der Waals surface area contributed by atoms with E-state index >= 15 is 0 Å². The fourth-order valence-electron chi connectivity index (χ4n) is 2.03. The van der Waals surface area contributed by atoms with Gasteiger partial charge in [0.1, 0.15) is 17.6 Å². The second kappa shape index (κ2) is 6.64. The molecule has 20 heavy (non-hydrogen) atoms. The van der Waals surface area contributed by atoms with Crippen molar-refractivity contribution in [3.63, 3.8) is 0 Å². The maximum atomic E-state index is 10.5. The Morgan fingerprint density at radius 3 is 2.55 bits per heavy atom. The average Bonchev–Trinajstić information content (AvgIpc) is 2.47. The van der Waals surface area contributed by atoms with Crippen LogP contribution in [0.5, 0.6) is 11.5 Å². The standard InChI is InChI=1S/C16H17ClO3/c1-3-20-14-7-5-4-6-12(14)16(18)11-8-9-15(19-2)13(17)10-11/h4-10,16,18H,3H2,1-2H3. The minimum Gasteiger partial charge on any atom is -0.495 e. The Hall–Kier alpha value is -1.71. The van der Waals surface area contributed by atoms with Crippen LogP contribution in [0, 0.1) is 0 Å². The highest BCUT2D eigenvalue weighted by atomic mass is 35.5. The second-order valence-corrected chi connectivity index (χ2v) is 4.67. The summed E-state index contributed by atoms with van der Waals surface area (Å²) >= 11 is 6.09. The van der Waals surface area contributed by atoms with E-state index in [4.69, 9.17) is 21.1 Å². The number of halogens is 1. The Bertz CT molecular complexity index is 584. The Morgan fingerprint density at radius 1 is 1.15 bits per heavy atom. The van der Waals surface area contributed by atoms with Crippen molar-refractivity contribution in [1.29, 1.82) is 0 Å². The van der Waals surface area contributed by atoms with Gasteiger partial charge in [0.25, 0.3) is 0 Å². The highest BCUT2D eigenvalue weighted by Crippen LogP contribution is 2.33. The smallest absolute Gasteiger partial charge is 0.137 e. The predicted molar refractivity (Wildman–Crippen MR) is 79.7 cm³/mol. The van der Waals surface area contributed by atoms with Gasteiger partial charge in [-0.25, -0.2) is 0 Å². The molecule has 0 radical (unpaired) electrons. The molecule has 2 rings (SSSR count). The molecule has 0 aromatic heterocycles. The first kappa shape index (κ1) is 14.7. The number of ether oxygens (including phenoxy) is 2. The van der Waals surface area contributed by atoms with Gasteiger partial charge in [0, 0.05) is 5.56 Å². The normalized spacial score (nSPS) is 12.0. The van der Waals surface area contributed by atoms with Crippen molar-refractivity contribution in [3.8, 4) is 11.5 Å². The zero-order chi connectivity index (χ0) is 14.5. The quantitative estimate of drug-likeness (QED) is 0.910. The van der Waals surface area contributed by atoms with E-state index in [0.29, 0.717) is 28.7 Å². The predicted octanol–water partition coefficient (Wildman–Crippen LogP) is 3.83. The highest BCUT2D eigenvalue weighted by molar-refractivity contribution is 6.32. The molecule has 0 aliphatic rings. The summed E-state index contributed by atoms with van der Waals surface area (Å²) in [7, 11) is 1.56. The fraction of sp³-hybridized carbons (Fsp3) is 0.250. The van der Waals surface area contributed by atoms with Crippen LogP contribution in [0.3, 0.4) is 0 Å². The number of aliphatic hydroxyl groups excluding tert-OH is 1. The lowest BCUT2D eigenvalue weighted by atomic mass is 10.0. The number of aliphatic hydroxyl groups is 1. The number of hydrogen-bond donors (Lipinski definition) is 1. The van der Waals surface area contributed by atoms with Crippen LogP contribution in [0.15, 0.2) is 42.5 Å². The molecule has 1 atom stereocenters. The number of benzene rings is 2. The monoisotopic (exact) mass is 292 g/mol. The first-order valence-electron chi connectivity index (χ1n) is 6.40. The lowest BCUT2D eigenvalue weighted by Gasteiger charge is -2.16. The van der Waals surface area contributed by atoms with Crippen molar-refractivity contribution < 1.29 is 14.6 Å². The van der Waals surface area contributed by atoms with E-state index in [0.717, 1.165) is 5.56 Å². The third-order valence-corrected chi connectivity index (χ3v) is 3.30. The zero-order valence-electron chi connectivity index (χ0n) is 11.5. The summed E-state index contributed by atoms with van der Waals surface area (Å²) < 4.78 is 10.6. The maximum Gasteiger partial charge on any atom is 0.137 e. The molecule has 0 bridgehead atoms. The summed E-state index contributed by atoms with van der Waals surface area (Å²) in [6, 6.07) is 12.7. The van der Waals surface area contributed by atoms with Crippen molar-refractivity contribution in [2.24, 2.45) is 0 Å². The first-order chi connectivity index (χ1) is 9.67. The van der Waals surface area contributed by atoms with Crippen LogP contribution in [0.1, 0.15) is 24.2 Å². The van der Waals surface area contributed by atoms with Gasteiger partial charge in [-0.3, -0.25) is 0 Å². The van der Waals surface area contributed by atoms with Crippen LogP contribution in [-0.2, 0) is 0 Å². The van der Waals surface area contributed by atoms with E-state index in [1.165, 1.54) is 0 Å². The Labute approximate surface area is 123 Å². The van der Waals surface area contributed by atoms with Crippen LogP contribution in [0.25, 0.3) is 0 Å². The molecule has 0 aliphatic carbocycles. The van der Waals surface area contributed by atoms with Gasteiger partial charge < -0.3 is 14.6 Å². The summed E-state index contributed by atoms with van der Waals surface area (Å²) in [6.07, 6.45) is -0.791. The van der Waals surface area contributed by atoms with Crippen molar-refractivity contribution >= 4 is 11.6 Å². The topological polar surface area (TPSA) is 38.7 Å². The molecule has 0 amide bonds. The second-order valence-electron chi connectivity index (χ2n) is 4.27. The van der Waals surface area contributed by atoms with Crippen molar-refractivity contribution in [3.05, 3.63) is 58.6 Å². The van der Waals surface area contributed by atoms with Crippen molar-refractivity contribution in [2.75, 3.05) is 13.7 Å². The van der Waals surface area contributed by atoms with Gasteiger partial charge in [-0.1, -0.05) is 35.9 Å². The minimum absolute atomic E-state index is 0.470. The number of rotatable bonds is 5. The molecule has 2 aromatic carbocycles. The third-order valence-electron chi connectivity index (χ3n) is 3.01. The molecular formula is C16H17ClO3. The van der Waals surface area contributed by atoms with Crippen LogP contribution >= 0.6 is 11.6 Å². The van der Waals surface area contributed by atoms with Gasteiger partial charge in [0.15, 0.2) is 0 Å². The van der Waals surface area contributed by atoms with Gasteiger partial charge in [-0.15, -0.1) is 0 Å². The molecule has 0 heterocycles. The minimum atomic E-state index is -0.791. The van der Waals surface area contributed by atoms with E-state index < -0.39 is 6.10 Å². The van der Waals surface area contributed by atoms with Crippen molar-refractivity contribution in [2.45, 2.75) is 13.0 Å². The van der Waals surface area contributed by atoms with E-state index in [1.807, 2.05) is 31.2 Å². The average molecular weight is 293 g/mol. The Balaban J connectivity index is 2.36. The van der Waals surface area contributed by atoms with Crippen LogP contribution in [0.2, 0.25) is 5.02 Å². The molecule has 0 saturated carbocycles. The summed E-state index contributed by atoms with van der Waals surface area (Å²) in [4.78, 5) is 0. The first-order valence-corrected chi connectivity index (χ1v) is 6.78. The van der Waals surface area contributed by atoms with Gasteiger partial charge in [-0.05, 0) is 30.7 Å². The Kier molecular flexibility index (Phi) is 4.88. The Morgan fingerprint density at radius 2 is 1.90 bits per heavy atom. The maximum absolute atomic E-state index is 10.5. The SMILES string of the molecule is CCOc1ccccc1C(O)c1ccc(OC)c(Cl)c1. The lowest BCUT2D eigenvalue weighted by Crippen LogP contribution is -2.04. The van der Waals surface area contributed by atoms with E-state index in [-0.39, 0.29) is 0 Å². The number of hydrogen-bond acceptors (Lipinski definition) is 3. The van der Waals surface area contributed by atoms with Gasteiger partial charge in [0.05, 0.1) is 18.7 Å². The zero-order valence-corrected chi connectivity index (χ0v) is 12.2. The summed E-state index contributed by atoms with van der Waals surface area (Å²) in [5.74, 6) is 1.26. The van der Waals surface area contributed by atoms with Crippen molar-refractivity contribution in [1.82, 2.24) is 0 Å². The molecular weight excluding hydrogens is 276 g/mol. The molecule has 0 fully saturated rings. The summed E-state index contributed by atoms with van der Waals surface area (Å²) in [5.41, 5.74) is 1.42.